The minimum atomic E-state index is -4.36. The van der Waals surface area contributed by atoms with Crippen LogP contribution >= 0.6 is 0 Å². The van der Waals surface area contributed by atoms with Crippen LogP contribution in [0, 0.1) is 0 Å². The molecule has 1 aromatic carbocycles. The van der Waals surface area contributed by atoms with Crippen molar-refractivity contribution in [3.05, 3.63) is 53.9 Å². The lowest BCUT2D eigenvalue weighted by Gasteiger charge is -2.33. The summed E-state index contributed by atoms with van der Waals surface area (Å²) in [7, 11) is 0. The molecule has 1 saturated heterocycles. The number of amides is 1. The van der Waals surface area contributed by atoms with Gasteiger partial charge >= 0.3 is 6.18 Å². The monoisotopic (exact) mass is 378 g/mol. The van der Waals surface area contributed by atoms with Crippen LogP contribution in [0.5, 0.6) is 0 Å². The van der Waals surface area contributed by atoms with Crippen molar-refractivity contribution in [2.24, 2.45) is 0 Å². The van der Waals surface area contributed by atoms with Gasteiger partial charge in [-0.25, -0.2) is 0 Å². The molecule has 0 unspecified atom stereocenters. The lowest BCUT2D eigenvalue weighted by molar-refractivity contribution is -0.137. The van der Waals surface area contributed by atoms with E-state index in [0.717, 1.165) is 31.8 Å². The van der Waals surface area contributed by atoms with E-state index in [2.05, 4.69) is 22.1 Å². The fourth-order valence-corrected chi connectivity index (χ4v) is 2.96. The summed E-state index contributed by atoms with van der Waals surface area (Å²) in [6.45, 7) is 6.05. The predicted molar refractivity (Wildman–Crippen MR) is 97.0 cm³/mol. The highest BCUT2D eigenvalue weighted by Crippen LogP contribution is 2.30. The fourth-order valence-electron chi connectivity index (χ4n) is 2.96. The lowest BCUT2D eigenvalue weighted by atomic mass is 10.2. The van der Waals surface area contributed by atoms with Gasteiger partial charge in [0, 0.05) is 43.8 Å². The maximum absolute atomic E-state index is 12.6. The molecule has 3 rings (SSSR count). The summed E-state index contributed by atoms with van der Waals surface area (Å²) in [5.41, 5.74) is 0.714. The van der Waals surface area contributed by atoms with E-state index in [0.29, 0.717) is 30.2 Å². The number of likely N-dealkylation sites (N-methyl/N-ethyl adjacent to an activating group) is 1. The van der Waals surface area contributed by atoms with Crippen LogP contribution in [0.1, 0.15) is 23.0 Å². The van der Waals surface area contributed by atoms with E-state index in [1.807, 2.05) is 0 Å². The van der Waals surface area contributed by atoms with E-state index in [1.54, 1.807) is 17.0 Å². The molecule has 0 spiro atoms. The van der Waals surface area contributed by atoms with Gasteiger partial charge in [0.2, 0.25) is 0 Å². The van der Waals surface area contributed by atoms with E-state index < -0.39 is 11.7 Å². The molecule has 0 bridgehead atoms. The fraction of sp³-hybridized carbons (Fsp3) is 0.368. The Balaban J connectivity index is 1.67. The largest absolute Gasteiger partial charge is 0.416 e. The standard InChI is InChI=1S/C19H21F3N4O/c1-2-25-9-11-26(12-10-25)18(27)17-13-16(7-8-23-17)24-15-5-3-14(4-6-15)19(20,21)22/h3-8,13H,2,9-12H2,1H3,(H,23,24). The molecular weight excluding hydrogens is 357 g/mol. The van der Waals surface area contributed by atoms with Crippen LogP contribution in [0.15, 0.2) is 42.6 Å². The highest BCUT2D eigenvalue weighted by molar-refractivity contribution is 5.93. The molecule has 1 aliphatic rings. The Morgan fingerprint density at radius 2 is 1.74 bits per heavy atom. The second-order valence-corrected chi connectivity index (χ2v) is 6.36. The predicted octanol–water partition coefficient (Wildman–Crippen LogP) is 3.62. The summed E-state index contributed by atoms with van der Waals surface area (Å²) in [5.74, 6) is -0.137. The third kappa shape index (κ3) is 4.77. The van der Waals surface area contributed by atoms with Crippen LogP contribution in [-0.4, -0.2) is 53.4 Å². The summed E-state index contributed by atoms with van der Waals surface area (Å²) in [6.07, 6.45) is -2.85. The Bertz CT molecular complexity index is 784. The number of aromatic nitrogens is 1. The van der Waals surface area contributed by atoms with Crippen LogP contribution in [0.4, 0.5) is 24.5 Å². The molecule has 27 heavy (non-hydrogen) atoms. The molecule has 1 amide bonds. The van der Waals surface area contributed by atoms with Crippen molar-refractivity contribution in [3.8, 4) is 0 Å². The molecule has 0 aliphatic carbocycles. The van der Waals surface area contributed by atoms with E-state index in [4.69, 9.17) is 0 Å². The Labute approximate surface area is 155 Å². The van der Waals surface area contributed by atoms with Gasteiger partial charge in [0.1, 0.15) is 5.69 Å². The van der Waals surface area contributed by atoms with Gasteiger partial charge in [-0.05, 0) is 42.9 Å². The van der Waals surface area contributed by atoms with Gasteiger partial charge in [-0.1, -0.05) is 6.92 Å². The van der Waals surface area contributed by atoms with E-state index in [9.17, 15) is 18.0 Å². The van der Waals surface area contributed by atoms with Crippen LogP contribution in [-0.2, 0) is 6.18 Å². The Kier molecular flexibility index (Phi) is 5.65. The first-order chi connectivity index (χ1) is 12.9. The van der Waals surface area contributed by atoms with Crippen LogP contribution in [0.2, 0.25) is 0 Å². The lowest BCUT2D eigenvalue weighted by Crippen LogP contribution is -2.48. The molecule has 2 heterocycles. The summed E-state index contributed by atoms with van der Waals surface area (Å²) in [6, 6.07) is 8.03. The number of hydrogen-bond donors (Lipinski definition) is 1. The minimum absolute atomic E-state index is 0.137. The number of rotatable bonds is 4. The second-order valence-electron chi connectivity index (χ2n) is 6.36. The number of piperazine rings is 1. The van der Waals surface area contributed by atoms with Gasteiger partial charge < -0.3 is 15.1 Å². The van der Waals surface area contributed by atoms with Crippen molar-refractivity contribution in [1.82, 2.24) is 14.8 Å². The third-order valence-electron chi connectivity index (χ3n) is 4.59. The zero-order valence-corrected chi connectivity index (χ0v) is 15.0. The minimum Gasteiger partial charge on any atom is -0.355 e. The first kappa shape index (κ1) is 19.2. The number of anilines is 2. The SMILES string of the molecule is CCN1CCN(C(=O)c2cc(Nc3ccc(C(F)(F)F)cc3)ccn2)CC1. The van der Waals surface area contributed by atoms with E-state index in [-0.39, 0.29) is 5.91 Å². The molecule has 0 saturated carbocycles. The quantitative estimate of drug-likeness (QED) is 0.883. The molecule has 8 heteroatoms. The summed E-state index contributed by atoms with van der Waals surface area (Å²) in [4.78, 5) is 20.8. The maximum atomic E-state index is 12.6. The number of halogens is 3. The van der Waals surface area contributed by atoms with Crippen molar-refractivity contribution in [2.45, 2.75) is 13.1 Å². The van der Waals surface area contributed by atoms with E-state index >= 15 is 0 Å². The second kappa shape index (κ2) is 7.96. The van der Waals surface area contributed by atoms with Crippen molar-refractivity contribution in [1.29, 1.82) is 0 Å². The molecule has 5 nitrogen and oxygen atoms in total. The number of hydrogen-bond acceptors (Lipinski definition) is 4. The van der Waals surface area contributed by atoms with Crippen molar-refractivity contribution in [2.75, 3.05) is 38.0 Å². The van der Waals surface area contributed by atoms with Gasteiger partial charge in [-0.15, -0.1) is 0 Å². The molecule has 1 aromatic heterocycles. The molecule has 144 valence electrons. The molecular formula is C19H21F3N4O. The normalized spacial score (nSPS) is 15.6. The Hall–Kier alpha value is -2.61. The van der Waals surface area contributed by atoms with Crippen molar-refractivity contribution in [3.63, 3.8) is 0 Å². The van der Waals surface area contributed by atoms with Gasteiger partial charge in [0.25, 0.3) is 5.91 Å². The maximum Gasteiger partial charge on any atom is 0.416 e. The van der Waals surface area contributed by atoms with Crippen LogP contribution < -0.4 is 5.32 Å². The average molecular weight is 378 g/mol. The number of benzene rings is 1. The zero-order valence-electron chi connectivity index (χ0n) is 15.0. The average Bonchev–Trinajstić information content (AvgIpc) is 2.67. The number of carbonyl (C=O) groups excluding carboxylic acids is 1. The van der Waals surface area contributed by atoms with Crippen molar-refractivity contribution >= 4 is 17.3 Å². The molecule has 2 aromatic rings. The van der Waals surface area contributed by atoms with Crippen LogP contribution in [0.3, 0.4) is 0 Å². The highest BCUT2D eigenvalue weighted by atomic mass is 19.4. The first-order valence-electron chi connectivity index (χ1n) is 8.79. The van der Waals surface area contributed by atoms with Gasteiger partial charge in [-0.2, -0.15) is 13.2 Å². The number of nitrogens with one attached hydrogen (secondary N) is 1. The summed E-state index contributed by atoms with van der Waals surface area (Å²) < 4.78 is 37.9. The zero-order chi connectivity index (χ0) is 19.4. The molecule has 0 radical (unpaired) electrons. The smallest absolute Gasteiger partial charge is 0.355 e. The highest BCUT2D eigenvalue weighted by Gasteiger charge is 2.30. The van der Waals surface area contributed by atoms with Crippen LogP contribution in [0.25, 0.3) is 0 Å². The molecule has 0 atom stereocenters. The first-order valence-corrected chi connectivity index (χ1v) is 8.79. The third-order valence-corrected chi connectivity index (χ3v) is 4.59. The van der Waals surface area contributed by atoms with E-state index in [1.165, 1.54) is 18.3 Å². The Morgan fingerprint density at radius 1 is 1.07 bits per heavy atom. The van der Waals surface area contributed by atoms with Gasteiger partial charge in [0.15, 0.2) is 0 Å². The molecule has 1 fully saturated rings. The summed E-state index contributed by atoms with van der Waals surface area (Å²) in [5, 5.41) is 3.01. The Morgan fingerprint density at radius 3 is 2.33 bits per heavy atom. The van der Waals surface area contributed by atoms with Gasteiger partial charge in [-0.3, -0.25) is 9.78 Å². The molecule has 1 N–H and O–H groups in total. The van der Waals surface area contributed by atoms with Crippen molar-refractivity contribution < 1.29 is 18.0 Å². The summed E-state index contributed by atoms with van der Waals surface area (Å²) >= 11 is 0. The number of alkyl halides is 3. The van der Waals surface area contributed by atoms with Gasteiger partial charge in [0.05, 0.1) is 5.56 Å². The topological polar surface area (TPSA) is 48.5 Å². The number of carbonyl (C=O) groups is 1. The number of nitrogens with zero attached hydrogens (tertiary/aromatic N) is 3. The number of pyridine rings is 1. The molecule has 1 aliphatic heterocycles.